The van der Waals surface area contributed by atoms with Gasteiger partial charge in [0.15, 0.2) is 11.5 Å². The minimum atomic E-state index is 0.466. The number of ether oxygens (including phenoxy) is 2. The van der Waals surface area contributed by atoms with Crippen molar-refractivity contribution in [3.63, 3.8) is 0 Å². The van der Waals surface area contributed by atoms with Crippen LogP contribution < -0.4 is 14.8 Å². The molecule has 0 saturated carbocycles. The van der Waals surface area contributed by atoms with Crippen LogP contribution in [0.1, 0.15) is 34.2 Å². The first kappa shape index (κ1) is 20.4. The largest absolute Gasteiger partial charge is 0.493 e. The standard InChI is InChI=1S/C23H28N2O2S2/c1-26-22-14-18(8-9-21(22)27-17-19-6-4-12-28-19)15-24-16-20(23-7-5-13-29-23)25-10-2-3-11-25/h4-9,12-14,20,24H,2-3,10-11,15-17H2,1H3. The molecular formula is C23H28N2O2S2. The Hall–Kier alpha value is -1.86. The Kier molecular flexibility index (Phi) is 7.22. The molecule has 1 aromatic carbocycles. The minimum Gasteiger partial charge on any atom is -0.493 e. The molecule has 6 heteroatoms. The number of rotatable bonds is 10. The zero-order valence-electron chi connectivity index (χ0n) is 16.8. The second kappa shape index (κ2) is 10.3. The highest BCUT2D eigenvalue weighted by molar-refractivity contribution is 7.10. The molecule has 1 atom stereocenters. The van der Waals surface area contributed by atoms with Crippen molar-refractivity contribution in [2.24, 2.45) is 0 Å². The van der Waals surface area contributed by atoms with Gasteiger partial charge in [-0.1, -0.05) is 18.2 Å². The molecule has 154 valence electrons. The number of hydrogen-bond donors (Lipinski definition) is 1. The number of nitrogens with zero attached hydrogens (tertiary/aromatic N) is 1. The average Bonchev–Trinajstić information content (AvgIpc) is 3.53. The van der Waals surface area contributed by atoms with E-state index in [0.717, 1.165) is 24.6 Å². The number of hydrogen-bond acceptors (Lipinski definition) is 6. The van der Waals surface area contributed by atoms with Crippen LogP contribution in [0.15, 0.2) is 53.2 Å². The van der Waals surface area contributed by atoms with Gasteiger partial charge in [0.1, 0.15) is 6.61 Å². The summed E-state index contributed by atoms with van der Waals surface area (Å²) >= 11 is 3.56. The maximum atomic E-state index is 5.95. The van der Waals surface area contributed by atoms with Crippen LogP contribution in [0.4, 0.5) is 0 Å². The lowest BCUT2D eigenvalue weighted by atomic mass is 10.1. The van der Waals surface area contributed by atoms with E-state index in [1.54, 1.807) is 18.4 Å². The van der Waals surface area contributed by atoms with Gasteiger partial charge in [0, 0.05) is 22.8 Å². The Balaban J connectivity index is 1.34. The van der Waals surface area contributed by atoms with Gasteiger partial charge in [0.2, 0.25) is 0 Å². The molecule has 1 fully saturated rings. The van der Waals surface area contributed by atoms with Crippen LogP contribution in [0.3, 0.4) is 0 Å². The van der Waals surface area contributed by atoms with E-state index in [1.165, 1.54) is 41.2 Å². The number of methoxy groups -OCH3 is 1. The monoisotopic (exact) mass is 428 g/mol. The molecule has 0 spiro atoms. The Bertz CT molecular complexity index is 859. The molecule has 0 bridgehead atoms. The summed E-state index contributed by atoms with van der Waals surface area (Å²) in [5, 5.41) is 7.91. The first-order valence-corrected chi connectivity index (χ1v) is 11.9. The van der Waals surface area contributed by atoms with Gasteiger partial charge in [-0.15, -0.1) is 22.7 Å². The van der Waals surface area contributed by atoms with Crippen molar-refractivity contribution in [3.8, 4) is 11.5 Å². The number of likely N-dealkylation sites (tertiary alicyclic amines) is 1. The molecule has 3 aromatic rings. The van der Waals surface area contributed by atoms with Crippen molar-refractivity contribution in [1.29, 1.82) is 0 Å². The summed E-state index contributed by atoms with van der Waals surface area (Å²) in [5.41, 5.74) is 1.21. The van der Waals surface area contributed by atoms with Gasteiger partial charge in [-0.2, -0.15) is 0 Å². The molecule has 0 radical (unpaired) electrons. The molecule has 29 heavy (non-hydrogen) atoms. The van der Waals surface area contributed by atoms with Crippen molar-refractivity contribution in [2.75, 3.05) is 26.7 Å². The van der Waals surface area contributed by atoms with Crippen molar-refractivity contribution in [1.82, 2.24) is 10.2 Å². The van der Waals surface area contributed by atoms with Crippen LogP contribution in [0.25, 0.3) is 0 Å². The summed E-state index contributed by atoms with van der Waals surface area (Å²) < 4.78 is 11.5. The minimum absolute atomic E-state index is 0.466. The second-order valence-electron chi connectivity index (χ2n) is 7.26. The number of nitrogens with one attached hydrogen (secondary N) is 1. The molecule has 3 heterocycles. The lowest BCUT2D eigenvalue weighted by Gasteiger charge is -2.27. The van der Waals surface area contributed by atoms with Crippen LogP contribution in [0.2, 0.25) is 0 Å². The smallest absolute Gasteiger partial charge is 0.161 e. The lowest BCUT2D eigenvalue weighted by Crippen LogP contribution is -2.33. The van der Waals surface area contributed by atoms with E-state index >= 15 is 0 Å². The summed E-state index contributed by atoms with van der Waals surface area (Å²) in [7, 11) is 1.70. The molecule has 0 amide bonds. The topological polar surface area (TPSA) is 33.7 Å². The van der Waals surface area contributed by atoms with Gasteiger partial charge < -0.3 is 14.8 Å². The Labute approximate surface area is 181 Å². The van der Waals surface area contributed by atoms with Crippen LogP contribution in [-0.4, -0.2) is 31.6 Å². The van der Waals surface area contributed by atoms with Gasteiger partial charge in [-0.25, -0.2) is 0 Å². The number of thiophene rings is 2. The molecule has 1 aliphatic rings. The van der Waals surface area contributed by atoms with Crippen molar-refractivity contribution in [2.45, 2.75) is 32.0 Å². The molecule has 0 aliphatic carbocycles. The fourth-order valence-electron chi connectivity index (χ4n) is 3.78. The van der Waals surface area contributed by atoms with Gasteiger partial charge in [-0.3, -0.25) is 4.90 Å². The van der Waals surface area contributed by atoms with Crippen molar-refractivity contribution in [3.05, 3.63) is 68.5 Å². The fraction of sp³-hybridized carbons (Fsp3) is 0.391. The quantitative estimate of drug-likeness (QED) is 0.474. The zero-order valence-corrected chi connectivity index (χ0v) is 18.4. The molecular weight excluding hydrogens is 400 g/mol. The van der Waals surface area contributed by atoms with Crippen LogP contribution in [0.5, 0.6) is 11.5 Å². The molecule has 2 aromatic heterocycles. The highest BCUT2D eigenvalue weighted by atomic mass is 32.1. The van der Waals surface area contributed by atoms with Crippen LogP contribution in [0, 0.1) is 0 Å². The van der Waals surface area contributed by atoms with E-state index in [4.69, 9.17) is 9.47 Å². The zero-order chi connectivity index (χ0) is 19.9. The molecule has 1 N–H and O–H groups in total. The lowest BCUT2D eigenvalue weighted by molar-refractivity contribution is 0.241. The van der Waals surface area contributed by atoms with Crippen molar-refractivity contribution >= 4 is 22.7 Å². The average molecular weight is 429 g/mol. The van der Waals surface area contributed by atoms with E-state index in [1.807, 2.05) is 23.5 Å². The SMILES string of the molecule is COc1cc(CNCC(c2cccs2)N2CCCC2)ccc1OCc1cccs1. The van der Waals surface area contributed by atoms with E-state index in [0.29, 0.717) is 12.6 Å². The normalized spacial score (nSPS) is 15.5. The second-order valence-corrected chi connectivity index (χ2v) is 9.27. The maximum Gasteiger partial charge on any atom is 0.161 e. The maximum absolute atomic E-state index is 5.95. The highest BCUT2D eigenvalue weighted by Gasteiger charge is 2.23. The van der Waals surface area contributed by atoms with E-state index < -0.39 is 0 Å². The van der Waals surface area contributed by atoms with E-state index in [2.05, 4.69) is 51.3 Å². The Morgan fingerprint density at radius 3 is 2.59 bits per heavy atom. The Morgan fingerprint density at radius 1 is 1.03 bits per heavy atom. The summed E-state index contributed by atoms with van der Waals surface area (Å²) in [6.07, 6.45) is 2.62. The summed E-state index contributed by atoms with van der Waals surface area (Å²) in [6.45, 7) is 4.75. The van der Waals surface area contributed by atoms with E-state index in [-0.39, 0.29) is 0 Å². The van der Waals surface area contributed by atoms with Crippen molar-refractivity contribution < 1.29 is 9.47 Å². The third-order valence-electron chi connectivity index (χ3n) is 5.30. The molecule has 4 rings (SSSR count). The van der Waals surface area contributed by atoms with Crippen LogP contribution >= 0.6 is 22.7 Å². The predicted molar refractivity (Wildman–Crippen MR) is 121 cm³/mol. The third kappa shape index (κ3) is 5.39. The predicted octanol–water partition coefficient (Wildman–Crippen LogP) is 5.32. The first-order valence-electron chi connectivity index (χ1n) is 10.1. The molecule has 1 unspecified atom stereocenters. The first-order chi connectivity index (χ1) is 14.3. The van der Waals surface area contributed by atoms with E-state index in [9.17, 15) is 0 Å². The van der Waals surface area contributed by atoms with Gasteiger partial charge >= 0.3 is 0 Å². The molecule has 1 saturated heterocycles. The molecule has 4 nitrogen and oxygen atoms in total. The Morgan fingerprint density at radius 2 is 1.86 bits per heavy atom. The fourth-order valence-corrected chi connectivity index (χ4v) is 5.26. The summed E-state index contributed by atoms with van der Waals surface area (Å²) in [4.78, 5) is 5.27. The van der Waals surface area contributed by atoms with Gasteiger partial charge in [0.25, 0.3) is 0 Å². The van der Waals surface area contributed by atoms with Crippen LogP contribution in [-0.2, 0) is 13.2 Å². The van der Waals surface area contributed by atoms with Gasteiger partial charge in [0.05, 0.1) is 13.2 Å². The third-order valence-corrected chi connectivity index (χ3v) is 7.12. The number of benzene rings is 1. The van der Waals surface area contributed by atoms with Gasteiger partial charge in [-0.05, 0) is 66.5 Å². The summed E-state index contributed by atoms with van der Waals surface area (Å²) in [6, 6.07) is 15.2. The summed E-state index contributed by atoms with van der Waals surface area (Å²) in [5.74, 6) is 1.58. The highest BCUT2D eigenvalue weighted by Crippen LogP contribution is 2.30. The molecule has 1 aliphatic heterocycles.